The Bertz CT molecular complexity index is 772. The minimum Gasteiger partial charge on any atom is -0.497 e. The summed E-state index contributed by atoms with van der Waals surface area (Å²) in [4.78, 5) is 22.9. The molecule has 0 aliphatic rings. The number of ether oxygens (including phenoxy) is 1. The average molecular weight is 383 g/mol. The largest absolute Gasteiger partial charge is 0.497 e. The van der Waals surface area contributed by atoms with Crippen LogP contribution in [0.3, 0.4) is 0 Å². The zero-order chi connectivity index (χ0) is 20.4. The summed E-state index contributed by atoms with van der Waals surface area (Å²) in [5, 5.41) is 6.05. The number of benzene rings is 1. The number of guanidine groups is 1. The molecule has 0 saturated carbocycles. The number of amides is 1. The number of hydrogen-bond donors (Lipinski definition) is 2. The van der Waals surface area contributed by atoms with Gasteiger partial charge in [0.05, 0.1) is 13.7 Å². The van der Waals surface area contributed by atoms with Crippen LogP contribution in [-0.4, -0.2) is 49.0 Å². The number of nitrogens with one attached hydrogen (secondary N) is 2. The maximum absolute atomic E-state index is 12.1. The van der Waals surface area contributed by atoms with Gasteiger partial charge in [-0.25, -0.2) is 4.98 Å². The Kier molecular flexibility index (Phi) is 8.27. The molecule has 0 bridgehead atoms. The van der Waals surface area contributed by atoms with Gasteiger partial charge in [0.15, 0.2) is 5.96 Å². The Morgan fingerprint density at radius 2 is 1.96 bits per heavy atom. The lowest BCUT2D eigenvalue weighted by Crippen LogP contribution is -2.38. The maximum Gasteiger partial charge on any atom is 0.227 e. The number of rotatable bonds is 8. The highest BCUT2D eigenvalue weighted by Gasteiger charge is 2.08. The standard InChI is InChI=1S/C21H29N5O2/c1-5-22-21(26(3)15-17-7-9-18(28-4)10-8-17)23-13-12-20(27)25-19-11-6-16(2)14-24-19/h6-11,14H,5,12-13,15H2,1-4H3,(H,22,23)(H,24,25,27). The molecule has 0 unspecified atom stereocenters. The molecule has 2 rings (SSSR count). The van der Waals surface area contributed by atoms with Crippen LogP contribution in [0.2, 0.25) is 0 Å². The van der Waals surface area contributed by atoms with E-state index in [1.54, 1.807) is 19.4 Å². The molecule has 1 heterocycles. The second kappa shape index (κ2) is 10.9. The molecule has 0 atom stereocenters. The van der Waals surface area contributed by atoms with Crippen LogP contribution < -0.4 is 15.4 Å². The highest BCUT2D eigenvalue weighted by atomic mass is 16.5. The maximum atomic E-state index is 12.1. The number of anilines is 1. The number of aromatic nitrogens is 1. The van der Waals surface area contributed by atoms with Crippen LogP contribution in [0.25, 0.3) is 0 Å². The van der Waals surface area contributed by atoms with Crippen molar-refractivity contribution in [2.75, 3.05) is 32.6 Å². The van der Waals surface area contributed by atoms with Crippen LogP contribution in [-0.2, 0) is 11.3 Å². The van der Waals surface area contributed by atoms with Gasteiger partial charge in [-0.05, 0) is 43.2 Å². The van der Waals surface area contributed by atoms with Crippen LogP contribution in [0.15, 0.2) is 47.6 Å². The SMILES string of the molecule is CCNC(=NCCC(=O)Nc1ccc(C)cn1)N(C)Cc1ccc(OC)cc1. The van der Waals surface area contributed by atoms with E-state index in [0.29, 0.717) is 25.3 Å². The lowest BCUT2D eigenvalue weighted by Gasteiger charge is -2.22. The minimum absolute atomic E-state index is 0.103. The molecule has 1 amide bonds. The smallest absolute Gasteiger partial charge is 0.227 e. The molecule has 1 aromatic carbocycles. The predicted molar refractivity (Wildman–Crippen MR) is 113 cm³/mol. The molecule has 0 spiro atoms. The second-order valence-corrected chi connectivity index (χ2v) is 6.46. The highest BCUT2D eigenvalue weighted by molar-refractivity contribution is 5.90. The molecule has 0 aliphatic heterocycles. The fraction of sp³-hybridized carbons (Fsp3) is 0.381. The van der Waals surface area contributed by atoms with Gasteiger partial charge in [0.2, 0.25) is 5.91 Å². The van der Waals surface area contributed by atoms with Crippen molar-refractivity contribution in [1.29, 1.82) is 0 Å². The van der Waals surface area contributed by atoms with Crippen LogP contribution in [0.4, 0.5) is 5.82 Å². The minimum atomic E-state index is -0.103. The van der Waals surface area contributed by atoms with Crippen LogP contribution in [0.5, 0.6) is 5.75 Å². The van der Waals surface area contributed by atoms with Crippen molar-refractivity contribution in [3.05, 3.63) is 53.7 Å². The summed E-state index contributed by atoms with van der Waals surface area (Å²) in [6.45, 7) is 5.83. The van der Waals surface area contributed by atoms with Gasteiger partial charge < -0.3 is 20.3 Å². The first-order valence-corrected chi connectivity index (χ1v) is 9.36. The van der Waals surface area contributed by atoms with E-state index in [1.165, 1.54) is 0 Å². The van der Waals surface area contributed by atoms with Gasteiger partial charge >= 0.3 is 0 Å². The number of methoxy groups -OCH3 is 1. The number of carbonyl (C=O) groups is 1. The van der Waals surface area contributed by atoms with Crippen molar-refractivity contribution in [3.63, 3.8) is 0 Å². The van der Waals surface area contributed by atoms with E-state index >= 15 is 0 Å². The van der Waals surface area contributed by atoms with E-state index in [4.69, 9.17) is 4.74 Å². The summed E-state index contributed by atoms with van der Waals surface area (Å²) < 4.78 is 5.19. The topological polar surface area (TPSA) is 78.8 Å². The van der Waals surface area contributed by atoms with Gasteiger partial charge in [0, 0.05) is 32.8 Å². The summed E-state index contributed by atoms with van der Waals surface area (Å²) in [5.74, 6) is 2.05. The number of nitrogens with zero attached hydrogens (tertiary/aromatic N) is 3. The summed E-state index contributed by atoms with van der Waals surface area (Å²) >= 11 is 0. The third-order valence-corrected chi connectivity index (χ3v) is 4.05. The molecule has 7 heteroatoms. The second-order valence-electron chi connectivity index (χ2n) is 6.46. The third-order valence-electron chi connectivity index (χ3n) is 4.05. The van der Waals surface area contributed by atoms with Gasteiger partial charge in [0.1, 0.15) is 11.6 Å². The third kappa shape index (κ3) is 6.90. The molecule has 0 fully saturated rings. The summed E-state index contributed by atoms with van der Waals surface area (Å²) in [6.07, 6.45) is 2.02. The van der Waals surface area contributed by atoms with E-state index < -0.39 is 0 Å². The lowest BCUT2D eigenvalue weighted by molar-refractivity contribution is -0.116. The van der Waals surface area contributed by atoms with Crippen molar-refractivity contribution in [3.8, 4) is 5.75 Å². The zero-order valence-corrected chi connectivity index (χ0v) is 17.0. The van der Waals surface area contributed by atoms with Gasteiger partial charge in [-0.3, -0.25) is 9.79 Å². The number of carbonyl (C=O) groups excluding carboxylic acids is 1. The van der Waals surface area contributed by atoms with Gasteiger partial charge in [0.25, 0.3) is 0 Å². The van der Waals surface area contributed by atoms with Crippen molar-refractivity contribution in [1.82, 2.24) is 15.2 Å². The molecule has 150 valence electrons. The Morgan fingerprint density at radius 3 is 2.57 bits per heavy atom. The summed E-state index contributed by atoms with van der Waals surface area (Å²) in [7, 11) is 3.63. The van der Waals surface area contributed by atoms with Crippen molar-refractivity contribution in [2.24, 2.45) is 4.99 Å². The fourth-order valence-corrected chi connectivity index (χ4v) is 2.56. The summed E-state index contributed by atoms with van der Waals surface area (Å²) in [5.41, 5.74) is 2.20. The molecular formula is C21H29N5O2. The molecule has 2 aromatic rings. The zero-order valence-electron chi connectivity index (χ0n) is 17.0. The number of aryl methyl sites for hydroxylation is 1. The first-order valence-electron chi connectivity index (χ1n) is 9.36. The van der Waals surface area contributed by atoms with Crippen molar-refractivity contribution >= 4 is 17.7 Å². The van der Waals surface area contributed by atoms with Crippen molar-refractivity contribution in [2.45, 2.75) is 26.8 Å². The van der Waals surface area contributed by atoms with Crippen molar-refractivity contribution < 1.29 is 9.53 Å². The van der Waals surface area contributed by atoms with E-state index in [-0.39, 0.29) is 5.91 Å². The monoisotopic (exact) mass is 383 g/mol. The fourth-order valence-electron chi connectivity index (χ4n) is 2.56. The Hall–Kier alpha value is -3.09. The number of pyridine rings is 1. The van der Waals surface area contributed by atoms with E-state index in [0.717, 1.165) is 29.4 Å². The molecule has 7 nitrogen and oxygen atoms in total. The predicted octanol–water partition coefficient (Wildman–Crippen LogP) is 2.82. The molecule has 0 aliphatic carbocycles. The Labute approximate surface area is 166 Å². The number of aliphatic imine (C=N–C) groups is 1. The van der Waals surface area contributed by atoms with E-state index in [2.05, 4.69) is 20.6 Å². The van der Waals surface area contributed by atoms with E-state index in [1.807, 2.05) is 56.1 Å². The molecule has 0 saturated heterocycles. The summed E-state index contributed by atoms with van der Waals surface area (Å²) in [6, 6.07) is 11.6. The molecular weight excluding hydrogens is 354 g/mol. The lowest BCUT2D eigenvalue weighted by atomic mass is 10.2. The molecule has 28 heavy (non-hydrogen) atoms. The van der Waals surface area contributed by atoms with Crippen LogP contribution in [0, 0.1) is 6.92 Å². The molecule has 2 N–H and O–H groups in total. The highest BCUT2D eigenvalue weighted by Crippen LogP contribution is 2.12. The quantitative estimate of drug-likeness (QED) is 0.541. The van der Waals surface area contributed by atoms with Crippen LogP contribution >= 0.6 is 0 Å². The normalized spacial score (nSPS) is 11.1. The molecule has 1 aromatic heterocycles. The average Bonchev–Trinajstić information content (AvgIpc) is 2.69. The van der Waals surface area contributed by atoms with Gasteiger partial charge in [-0.15, -0.1) is 0 Å². The van der Waals surface area contributed by atoms with Gasteiger partial charge in [-0.1, -0.05) is 18.2 Å². The first kappa shape index (κ1) is 21.2. The Balaban J connectivity index is 1.88. The first-order chi connectivity index (χ1) is 13.5. The van der Waals surface area contributed by atoms with Gasteiger partial charge in [-0.2, -0.15) is 0 Å². The van der Waals surface area contributed by atoms with E-state index in [9.17, 15) is 4.79 Å². The Morgan fingerprint density at radius 1 is 1.21 bits per heavy atom. The van der Waals surface area contributed by atoms with Crippen LogP contribution in [0.1, 0.15) is 24.5 Å². The number of hydrogen-bond acceptors (Lipinski definition) is 4. The molecule has 0 radical (unpaired) electrons.